The van der Waals surface area contributed by atoms with Crippen molar-refractivity contribution in [2.45, 2.75) is 71.6 Å². The van der Waals surface area contributed by atoms with Crippen LogP contribution in [-0.2, 0) is 4.79 Å². The Bertz CT molecular complexity index is 453. The molecule has 0 aliphatic carbocycles. The molecule has 0 aliphatic heterocycles. The number of hydrogen-bond donors (Lipinski definition) is 1. The van der Waals surface area contributed by atoms with Gasteiger partial charge in [-0.25, -0.2) is 0 Å². The van der Waals surface area contributed by atoms with E-state index in [1.54, 1.807) is 0 Å². The van der Waals surface area contributed by atoms with Gasteiger partial charge in [0.25, 0.3) is 0 Å². The second-order valence-corrected chi connectivity index (χ2v) is 6.31. The van der Waals surface area contributed by atoms with E-state index in [2.05, 4.69) is 74.6 Å². The highest BCUT2D eigenvalue weighted by molar-refractivity contribution is 5.66. The van der Waals surface area contributed by atoms with E-state index in [1.165, 1.54) is 0 Å². The summed E-state index contributed by atoms with van der Waals surface area (Å²) in [6.07, 6.45) is 30.3. The monoisotopic (exact) mass is 344 g/mol. The number of carboxylic acid groups (broad SMARTS) is 1. The van der Waals surface area contributed by atoms with Gasteiger partial charge in [0.2, 0.25) is 0 Å². The van der Waals surface area contributed by atoms with Crippen molar-refractivity contribution in [3.05, 3.63) is 60.8 Å². The first-order valence-corrected chi connectivity index (χ1v) is 9.67. The zero-order valence-corrected chi connectivity index (χ0v) is 16.1. The minimum Gasteiger partial charge on any atom is -0.481 e. The number of unbranched alkanes of at least 4 members (excludes halogenated alkanes) is 3. The molecule has 0 saturated carbocycles. The quantitative estimate of drug-likeness (QED) is 0.197. The molecule has 0 aromatic rings. The molecular weight excluding hydrogens is 308 g/mol. The van der Waals surface area contributed by atoms with Gasteiger partial charge < -0.3 is 5.11 Å². The average molecular weight is 345 g/mol. The maximum absolute atomic E-state index is 10.4. The molecule has 0 fully saturated rings. The Morgan fingerprint density at radius 3 is 2.24 bits per heavy atom. The summed E-state index contributed by atoms with van der Waals surface area (Å²) in [5.74, 6) is -0.107. The maximum atomic E-state index is 10.4. The highest BCUT2D eigenvalue weighted by Crippen LogP contribution is 2.06. The molecule has 1 atom stereocenters. The maximum Gasteiger partial charge on any atom is 0.303 e. The first-order chi connectivity index (χ1) is 12.2. The van der Waals surface area contributed by atoms with Gasteiger partial charge in [-0.1, -0.05) is 81.0 Å². The van der Waals surface area contributed by atoms with Crippen LogP contribution in [0.25, 0.3) is 0 Å². The van der Waals surface area contributed by atoms with Crippen LogP contribution in [0.3, 0.4) is 0 Å². The molecule has 25 heavy (non-hydrogen) atoms. The Morgan fingerprint density at radius 2 is 1.56 bits per heavy atom. The topological polar surface area (TPSA) is 37.3 Å². The highest BCUT2D eigenvalue weighted by atomic mass is 16.4. The molecule has 1 N–H and O–H groups in total. The van der Waals surface area contributed by atoms with Crippen LogP contribution < -0.4 is 0 Å². The summed E-state index contributed by atoms with van der Waals surface area (Å²) in [7, 11) is 0. The van der Waals surface area contributed by atoms with Crippen LogP contribution >= 0.6 is 0 Å². The fraction of sp³-hybridized carbons (Fsp3) is 0.522. The predicted molar refractivity (Wildman–Crippen MR) is 110 cm³/mol. The van der Waals surface area contributed by atoms with E-state index >= 15 is 0 Å². The number of carbonyl (C=O) groups is 1. The van der Waals surface area contributed by atoms with Gasteiger partial charge in [-0.3, -0.25) is 4.79 Å². The van der Waals surface area contributed by atoms with Crippen LogP contribution in [-0.4, -0.2) is 11.1 Å². The summed E-state index contributed by atoms with van der Waals surface area (Å²) in [5.41, 5.74) is 0. The Labute approximate surface area is 154 Å². The molecule has 0 radical (unpaired) electrons. The van der Waals surface area contributed by atoms with Crippen LogP contribution in [0.15, 0.2) is 60.8 Å². The van der Waals surface area contributed by atoms with Crippen LogP contribution in [0.2, 0.25) is 0 Å². The Morgan fingerprint density at radius 1 is 0.880 bits per heavy atom. The van der Waals surface area contributed by atoms with E-state index in [9.17, 15) is 4.79 Å². The van der Waals surface area contributed by atoms with Crippen molar-refractivity contribution in [3.8, 4) is 0 Å². The molecule has 0 aliphatic rings. The average Bonchev–Trinajstić information content (AvgIpc) is 2.58. The van der Waals surface area contributed by atoms with Crippen molar-refractivity contribution in [2.75, 3.05) is 0 Å². The zero-order valence-electron chi connectivity index (χ0n) is 16.1. The summed E-state index contributed by atoms with van der Waals surface area (Å²) in [6, 6.07) is 0. The highest BCUT2D eigenvalue weighted by Gasteiger charge is 1.94. The van der Waals surface area contributed by atoms with E-state index in [4.69, 9.17) is 5.11 Å². The summed E-state index contributed by atoms with van der Waals surface area (Å²) >= 11 is 0. The summed E-state index contributed by atoms with van der Waals surface area (Å²) in [5, 5.41) is 8.54. The van der Waals surface area contributed by atoms with E-state index in [0.29, 0.717) is 12.3 Å². The fourth-order valence-electron chi connectivity index (χ4n) is 2.23. The lowest BCUT2D eigenvalue weighted by Crippen LogP contribution is -1.93. The van der Waals surface area contributed by atoms with Gasteiger partial charge in [0.1, 0.15) is 0 Å². The van der Waals surface area contributed by atoms with Crippen LogP contribution in [0.5, 0.6) is 0 Å². The predicted octanol–water partition coefficient (Wildman–Crippen LogP) is 7.02. The number of hydrogen-bond acceptors (Lipinski definition) is 1. The molecule has 0 amide bonds. The van der Waals surface area contributed by atoms with Gasteiger partial charge in [0.15, 0.2) is 0 Å². The third-order valence-electron chi connectivity index (χ3n) is 3.74. The third-order valence-corrected chi connectivity index (χ3v) is 3.74. The first kappa shape index (κ1) is 23.2. The lowest BCUT2D eigenvalue weighted by molar-refractivity contribution is -0.137. The first-order valence-electron chi connectivity index (χ1n) is 9.67. The summed E-state index contributed by atoms with van der Waals surface area (Å²) in [4.78, 5) is 10.4. The second-order valence-electron chi connectivity index (χ2n) is 6.31. The molecule has 0 spiro atoms. The van der Waals surface area contributed by atoms with Crippen LogP contribution in [0.4, 0.5) is 0 Å². The van der Waals surface area contributed by atoms with Gasteiger partial charge in [0.05, 0.1) is 0 Å². The minimum atomic E-state index is -0.690. The zero-order chi connectivity index (χ0) is 18.6. The smallest absolute Gasteiger partial charge is 0.303 e. The Kier molecular flexibility index (Phi) is 17.2. The molecule has 0 saturated heterocycles. The van der Waals surface area contributed by atoms with Crippen molar-refractivity contribution in [1.82, 2.24) is 0 Å². The van der Waals surface area contributed by atoms with Crippen LogP contribution in [0.1, 0.15) is 71.6 Å². The molecule has 0 rings (SSSR count). The molecule has 0 aromatic carbocycles. The van der Waals surface area contributed by atoms with E-state index < -0.39 is 5.97 Å². The van der Waals surface area contributed by atoms with Gasteiger partial charge >= 0.3 is 5.97 Å². The molecular formula is C23H36O2. The number of carboxylic acids is 1. The van der Waals surface area contributed by atoms with Gasteiger partial charge in [-0.05, 0) is 50.9 Å². The molecule has 0 bridgehead atoms. The fourth-order valence-corrected chi connectivity index (χ4v) is 2.23. The number of aliphatic carboxylic acids is 1. The standard InChI is InChI=1S/C23H36O2/c1-3-4-5-16-19-22(2)20-17-14-12-10-8-6-7-9-11-13-15-18-21-23(24)25/h4-5,7-10,14,16-17,19,22H,3,6,11-13,15,18,20-21H2,1-2H3,(H,24,25)/b5-4-,9-7-,10-8-,17-14-,19-16+. The molecule has 1 unspecified atom stereocenters. The Hall–Kier alpha value is -1.83. The van der Waals surface area contributed by atoms with E-state index in [0.717, 1.165) is 51.4 Å². The second kappa shape index (κ2) is 18.5. The molecule has 0 heterocycles. The molecule has 2 nitrogen and oxygen atoms in total. The molecule has 140 valence electrons. The van der Waals surface area contributed by atoms with Crippen molar-refractivity contribution < 1.29 is 9.90 Å². The van der Waals surface area contributed by atoms with Gasteiger partial charge in [-0.2, -0.15) is 0 Å². The van der Waals surface area contributed by atoms with Crippen molar-refractivity contribution in [1.29, 1.82) is 0 Å². The lowest BCUT2D eigenvalue weighted by atomic mass is 10.1. The summed E-state index contributed by atoms with van der Waals surface area (Å²) < 4.78 is 0. The largest absolute Gasteiger partial charge is 0.481 e. The van der Waals surface area contributed by atoms with Gasteiger partial charge in [0, 0.05) is 6.42 Å². The SMILES string of the molecule is CC/C=C\C=C\C(C)C/C=C\C/C=C\C/C=C\CCCCCC(=O)O. The van der Waals surface area contributed by atoms with Crippen LogP contribution in [0, 0.1) is 5.92 Å². The number of rotatable bonds is 15. The summed E-state index contributed by atoms with van der Waals surface area (Å²) in [6.45, 7) is 4.38. The lowest BCUT2D eigenvalue weighted by Gasteiger charge is -1.99. The number of allylic oxidation sites excluding steroid dienone is 10. The van der Waals surface area contributed by atoms with Crippen molar-refractivity contribution in [2.24, 2.45) is 5.92 Å². The van der Waals surface area contributed by atoms with E-state index in [-0.39, 0.29) is 0 Å². The van der Waals surface area contributed by atoms with Gasteiger partial charge in [-0.15, -0.1) is 0 Å². The van der Waals surface area contributed by atoms with Crippen molar-refractivity contribution in [3.63, 3.8) is 0 Å². The normalized spacial score (nSPS) is 14.0. The Balaban J connectivity index is 3.55. The minimum absolute atomic E-state index is 0.297. The third kappa shape index (κ3) is 20.1. The van der Waals surface area contributed by atoms with Crippen molar-refractivity contribution >= 4 is 5.97 Å². The molecule has 2 heteroatoms. The molecule has 0 aromatic heterocycles. The van der Waals surface area contributed by atoms with E-state index in [1.807, 2.05) is 0 Å².